The number of rotatable bonds is 3. The van der Waals surface area contributed by atoms with Gasteiger partial charge in [-0.3, -0.25) is 4.79 Å². The van der Waals surface area contributed by atoms with E-state index in [2.05, 4.69) is 5.32 Å². The molecule has 0 radical (unpaired) electrons. The third-order valence-electron chi connectivity index (χ3n) is 2.23. The van der Waals surface area contributed by atoms with Crippen LogP contribution in [0, 0.1) is 0 Å². The minimum absolute atomic E-state index is 0.278. The first-order valence-electron chi connectivity index (χ1n) is 4.74. The van der Waals surface area contributed by atoms with Crippen molar-refractivity contribution in [3.8, 4) is 0 Å². The van der Waals surface area contributed by atoms with Gasteiger partial charge in [0, 0.05) is 30.5 Å². The summed E-state index contributed by atoms with van der Waals surface area (Å²) in [6.07, 6.45) is 0.646. The molecule has 1 aliphatic heterocycles. The second-order valence-electron chi connectivity index (χ2n) is 3.33. The van der Waals surface area contributed by atoms with Crippen LogP contribution in [0.4, 0.5) is 0 Å². The Morgan fingerprint density at radius 3 is 3.21 bits per heavy atom. The summed E-state index contributed by atoms with van der Waals surface area (Å²) >= 11 is 3.47. The first-order chi connectivity index (χ1) is 6.86. The fourth-order valence-electron chi connectivity index (χ4n) is 1.51. The quantitative estimate of drug-likeness (QED) is 0.801. The van der Waals surface area contributed by atoms with Crippen LogP contribution in [0.25, 0.3) is 0 Å². The van der Waals surface area contributed by atoms with E-state index in [9.17, 15) is 4.79 Å². The average Bonchev–Trinajstić information content (AvgIpc) is 2.72. The average molecular weight is 227 g/mol. The topological polar surface area (TPSA) is 29.1 Å². The van der Waals surface area contributed by atoms with Crippen LogP contribution < -0.4 is 5.32 Å². The smallest absolute Gasteiger partial charge is 0.174 e. The summed E-state index contributed by atoms with van der Waals surface area (Å²) in [5.74, 6) is 2.51. The maximum atomic E-state index is 11.7. The van der Waals surface area contributed by atoms with Crippen molar-refractivity contribution in [1.82, 2.24) is 5.32 Å². The van der Waals surface area contributed by atoms with E-state index < -0.39 is 0 Å². The van der Waals surface area contributed by atoms with E-state index in [0.29, 0.717) is 12.5 Å². The number of thiophene rings is 1. The van der Waals surface area contributed by atoms with Crippen molar-refractivity contribution in [2.24, 2.45) is 0 Å². The van der Waals surface area contributed by atoms with Crippen molar-refractivity contribution in [1.29, 1.82) is 0 Å². The van der Waals surface area contributed by atoms with Crippen LogP contribution in [0.15, 0.2) is 17.5 Å². The monoisotopic (exact) mass is 227 g/mol. The molecule has 1 saturated heterocycles. The minimum atomic E-state index is 0.278. The van der Waals surface area contributed by atoms with Crippen LogP contribution in [-0.2, 0) is 0 Å². The molecule has 14 heavy (non-hydrogen) atoms. The molecule has 0 aliphatic carbocycles. The number of hydrogen-bond donors (Lipinski definition) is 1. The predicted octanol–water partition coefficient (Wildman–Crippen LogP) is 2.03. The predicted molar refractivity (Wildman–Crippen MR) is 62.4 cm³/mol. The fourth-order valence-corrected chi connectivity index (χ4v) is 3.14. The van der Waals surface area contributed by atoms with Crippen molar-refractivity contribution < 1.29 is 4.79 Å². The number of carbonyl (C=O) groups excluding carboxylic acids is 1. The Morgan fingerprint density at radius 1 is 1.64 bits per heavy atom. The molecule has 1 unspecified atom stereocenters. The summed E-state index contributed by atoms with van der Waals surface area (Å²) in [6, 6.07) is 4.22. The molecule has 1 atom stereocenters. The van der Waals surface area contributed by atoms with Crippen molar-refractivity contribution in [2.75, 3.05) is 18.1 Å². The highest BCUT2D eigenvalue weighted by atomic mass is 32.2. The van der Waals surface area contributed by atoms with Gasteiger partial charge in [0.05, 0.1) is 4.88 Å². The molecule has 2 heterocycles. The Kier molecular flexibility index (Phi) is 3.61. The molecule has 1 fully saturated rings. The molecule has 1 aromatic rings. The second-order valence-corrected chi connectivity index (χ2v) is 5.43. The SMILES string of the molecule is O=C(CC1CSCCN1)c1cccs1. The molecule has 0 bridgehead atoms. The zero-order valence-electron chi connectivity index (χ0n) is 7.86. The summed E-state index contributed by atoms with van der Waals surface area (Å²) in [6.45, 7) is 1.03. The highest BCUT2D eigenvalue weighted by Gasteiger charge is 2.17. The Labute approximate surface area is 92.1 Å². The summed E-state index contributed by atoms with van der Waals surface area (Å²) in [7, 11) is 0. The second kappa shape index (κ2) is 4.96. The van der Waals surface area contributed by atoms with E-state index in [1.165, 1.54) is 17.1 Å². The Morgan fingerprint density at radius 2 is 2.57 bits per heavy atom. The molecule has 0 spiro atoms. The van der Waals surface area contributed by atoms with Gasteiger partial charge in [-0.1, -0.05) is 6.07 Å². The van der Waals surface area contributed by atoms with E-state index in [0.717, 1.165) is 17.2 Å². The largest absolute Gasteiger partial charge is 0.312 e. The fraction of sp³-hybridized carbons (Fsp3) is 0.500. The van der Waals surface area contributed by atoms with Crippen molar-refractivity contribution in [2.45, 2.75) is 12.5 Å². The van der Waals surface area contributed by atoms with Gasteiger partial charge in [-0.15, -0.1) is 11.3 Å². The summed E-state index contributed by atoms with van der Waals surface area (Å²) in [4.78, 5) is 12.6. The van der Waals surface area contributed by atoms with Gasteiger partial charge in [-0.2, -0.15) is 11.8 Å². The standard InChI is InChI=1S/C10H13NOS2/c12-9(10-2-1-4-14-10)6-8-7-13-5-3-11-8/h1-2,4,8,11H,3,5-7H2. The molecule has 0 saturated carbocycles. The van der Waals surface area contributed by atoms with Crippen LogP contribution >= 0.6 is 23.1 Å². The van der Waals surface area contributed by atoms with Crippen molar-refractivity contribution in [3.05, 3.63) is 22.4 Å². The Hall–Kier alpha value is -0.320. The minimum Gasteiger partial charge on any atom is -0.312 e. The number of carbonyl (C=O) groups is 1. The lowest BCUT2D eigenvalue weighted by molar-refractivity contribution is 0.0976. The number of Topliss-reactive ketones (excluding diaryl/α,β-unsaturated/α-hetero) is 1. The molecule has 1 aliphatic rings. The van der Waals surface area contributed by atoms with Crippen LogP contribution in [-0.4, -0.2) is 29.9 Å². The van der Waals surface area contributed by atoms with Gasteiger partial charge in [0.15, 0.2) is 5.78 Å². The highest BCUT2D eigenvalue weighted by molar-refractivity contribution is 7.99. The van der Waals surface area contributed by atoms with Gasteiger partial charge in [-0.05, 0) is 11.4 Å². The van der Waals surface area contributed by atoms with Crippen LogP contribution in [0.3, 0.4) is 0 Å². The first kappa shape index (κ1) is 10.2. The first-order valence-corrected chi connectivity index (χ1v) is 6.77. The zero-order chi connectivity index (χ0) is 9.80. The van der Waals surface area contributed by atoms with E-state index in [-0.39, 0.29) is 5.78 Å². The van der Waals surface area contributed by atoms with Crippen molar-refractivity contribution >= 4 is 28.9 Å². The molecule has 0 amide bonds. The molecule has 0 aromatic carbocycles. The third kappa shape index (κ3) is 2.59. The molecule has 2 rings (SSSR count). The van der Waals surface area contributed by atoms with E-state index in [1.54, 1.807) is 0 Å². The highest BCUT2D eigenvalue weighted by Crippen LogP contribution is 2.16. The van der Waals surface area contributed by atoms with Crippen LogP contribution in [0.2, 0.25) is 0 Å². The normalized spacial score (nSPS) is 22.1. The maximum absolute atomic E-state index is 11.7. The number of hydrogen-bond acceptors (Lipinski definition) is 4. The molecule has 1 N–H and O–H groups in total. The third-order valence-corrected chi connectivity index (χ3v) is 4.27. The van der Waals surface area contributed by atoms with Gasteiger partial charge in [-0.25, -0.2) is 0 Å². The summed E-state index contributed by atoms with van der Waals surface area (Å²) < 4.78 is 0. The van der Waals surface area contributed by atoms with E-state index >= 15 is 0 Å². The van der Waals surface area contributed by atoms with Gasteiger partial charge in [0.2, 0.25) is 0 Å². The number of ketones is 1. The molecular weight excluding hydrogens is 214 g/mol. The maximum Gasteiger partial charge on any atom is 0.174 e. The zero-order valence-corrected chi connectivity index (χ0v) is 9.50. The summed E-state index contributed by atoms with van der Waals surface area (Å²) in [5.41, 5.74) is 0. The van der Waals surface area contributed by atoms with Gasteiger partial charge < -0.3 is 5.32 Å². The van der Waals surface area contributed by atoms with E-state index in [1.807, 2.05) is 29.3 Å². The van der Waals surface area contributed by atoms with Gasteiger partial charge >= 0.3 is 0 Å². The lowest BCUT2D eigenvalue weighted by Crippen LogP contribution is -2.38. The lowest BCUT2D eigenvalue weighted by Gasteiger charge is -2.22. The van der Waals surface area contributed by atoms with Crippen LogP contribution in [0.1, 0.15) is 16.1 Å². The Bertz CT molecular complexity index is 291. The van der Waals surface area contributed by atoms with E-state index in [4.69, 9.17) is 0 Å². The molecule has 2 nitrogen and oxygen atoms in total. The summed E-state index contributed by atoms with van der Waals surface area (Å²) in [5, 5.41) is 5.33. The number of nitrogens with one attached hydrogen (secondary N) is 1. The van der Waals surface area contributed by atoms with Crippen LogP contribution in [0.5, 0.6) is 0 Å². The molecule has 76 valence electrons. The molecule has 1 aromatic heterocycles. The molecule has 4 heteroatoms. The van der Waals surface area contributed by atoms with Crippen molar-refractivity contribution in [3.63, 3.8) is 0 Å². The molecular formula is C10H13NOS2. The van der Waals surface area contributed by atoms with Gasteiger partial charge in [0.1, 0.15) is 0 Å². The lowest BCUT2D eigenvalue weighted by atomic mass is 10.1. The Balaban J connectivity index is 1.87. The number of thioether (sulfide) groups is 1. The van der Waals surface area contributed by atoms with Gasteiger partial charge in [0.25, 0.3) is 0 Å².